The molecule has 136 valence electrons. The number of hydrogen-bond donors (Lipinski definition) is 0. The third-order valence-corrected chi connectivity index (χ3v) is 7.99. The van der Waals surface area contributed by atoms with Crippen LogP contribution in [0, 0.1) is 0 Å². The Hall–Kier alpha value is -1.71. The van der Waals surface area contributed by atoms with E-state index in [0.29, 0.717) is 27.8 Å². The topological polar surface area (TPSA) is 74.8 Å². The lowest BCUT2D eigenvalue weighted by Crippen LogP contribution is -2.39. The van der Waals surface area contributed by atoms with Gasteiger partial charge in [0.1, 0.15) is 4.32 Å². The zero-order chi connectivity index (χ0) is 18.6. The lowest BCUT2D eigenvalue weighted by atomic mass is 10.1. The van der Waals surface area contributed by atoms with Crippen LogP contribution in [-0.2, 0) is 19.4 Å². The largest absolute Gasteiger partial charge is 0.308 e. The van der Waals surface area contributed by atoms with Gasteiger partial charge in [-0.25, -0.2) is 8.42 Å². The van der Waals surface area contributed by atoms with Gasteiger partial charge in [-0.05, 0) is 19.4 Å². The monoisotopic (exact) mass is 408 g/mol. The Morgan fingerprint density at radius 2 is 1.96 bits per heavy atom. The molecule has 0 spiro atoms. The Morgan fingerprint density at radius 1 is 1.23 bits per heavy atom. The minimum atomic E-state index is -3.14. The fourth-order valence-electron chi connectivity index (χ4n) is 3.64. The van der Waals surface area contributed by atoms with Gasteiger partial charge in [0.25, 0.3) is 11.8 Å². The molecular formula is C17H16N2O4S3. The van der Waals surface area contributed by atoms with Gasteiger partial charge in [0, 0.05) is 12.1 Å². The highest BCUT2D eigenvalue weighted by atomic mass is 32.2. The maximum atomic E-state index is 13.0. The van der Waals surface area contributed by atoms with Crippen LogP contribution in [0.1, 0.15) is 18.9 Å². The van der Waals surface area contributed by atoms with Gasteiger partial charge in [-0.3, -0.25) is 14.5 Å². The summed E-state index contributed by atoms with van der Waals surface area (Å²) in [5.74, 6) is -0.592. The summed E-state index contributed by atoms with van der Waals surface area (Å²) in [5.41, 5.74) is 1.87. The van der Waals surface area contributed by atoms with Gasteiger partial charge in [0.15, 0.2) is 9.84 Å². The molecule has 6 nitrogen and oxygen atoms in total. The van der Waals surface area contributed by atoms with Gasteiger partial charge < -0.3 is 4.90 Å². The number of anilines is 1. The average Bonchev–Trinajstić information content (AvgIpc) is 3.18. The lowest BCUT2D eigenvalue weighted by Gasteiger charge is -2.21. The molecule has 3 aliphatic heterocycles. The van der Waals surface area contributed by atoms with Gasteiger partial charge >= 0.3 is 0 Å². The summed E-state index contributed by atoms with van der Waals surface area (Å²) in [6.45, 7) is 2.38. The predicted octanol–water partition coefficient (Wildman–Crippen LogP) is 1.81. The fraction of sp³-hybridized carbons (Fsp3) is 0.353. The third-order valence-electron chi connectivity index (χ3n) is 4.84. The highest BCUT2D eigenvalue weighted by molar-refractivity contribution is 8.26. The van der Waals surface area contributed by atoms with Gasteiger partial charge in [0.2, 0.25) is 0 Å². The van der Waals surface area contributed by atoms with Gasteiger partial charge in [-0.1, -0.05) is 42.2 Å². The minimum Gasteiger partial charge on any atom is -0.308 e. The summed E-state index contributed by atoms with van der Waals surface area (Å²) in [6, 6.07) is 6.92. The van der Waals surface area contributed by atoms with E-state index in [1.54, 1.807) is 4.90 Å². The molecule has 0 saturated carbocycles. The lowest BCUT2D eigenvalue weighted by molar-refractivity contribution is -0.123. The second-order valence-electron chi connectivity index (χ2n) is 6.37. The molecular weight excluding hydrogens is 392 g/mol. The smallest absolute Gasteiger partial charge is 0.267 e. The van der Waals surface area contributed by atoms with Crippen LogP contribution < -0.4 is 4.90 Å². The van der Waals surface area contributed by atoms with Crippen molar-refractivity contribution in [3.63, 3.8) is 0 Å². The van der Waals surface area contributed by atoms with Crippen molar-refractivity contribution in [3.8, 4) is 0 Å². The standard InChI is InChI=1S/C17H16N2O4S3/c1-2-18-12-6-4-3-5-11(12)13(15(18)20)14-16(21)19(17(24)25-14)10-7-8-26(22,23)9-10/h3-6,10H,2,7-9H2,1H3/b14-13+. The molecule has 1 unspecified atom stereocenters. The molecule has 2 fully saturated rings. The van der Waals surface area contributed by atoms with Crippen molar-refractivity contribution in [1.82, 2.24) is 4.90 Å². The number of likely N-dealkylation sites (N-methyl/N-ethyl adjacent to an activating group) is 1. The zero-order valence-electron chi connectivity index (χ0n) is 14.0. The maximum absolute atomic E-state index is 13.0. The molecule has 0 N–H and O–H groups in total. The number of thiocarbonyl (C=S) groups is 1. The van der Waals surface area contributed by atoms with Crippen molar-refractivity contribution in [3.05, 3.63) is 34.7 Å². The summed E-state index contributed by atoms with van der Waals surface area (Å²) in [4.78, 5) is 29.3. The molecule has 2 amide bonds. The first-order valence-electron chi connectivity index (χ1n) is 8.25. The molecule has 2 saturated heterocycles. The fourth-order valence-corrected chi connectivity index (χ4v) is 6.81. The molecule has 26 heavy (non-hydrogen) atoms. The third kappa shape index (κ3) is 2.60. The summed E-state index contributed by atoms with van der Waals surface area (Å²) < 4.78 is 23.9. The molecule has 1 aromatic rings. The Bertz CT molecular complexity index is 983. The molecule has 1 aromatic carbocycles. The molecule has 1 atom stereocenters. The number of para-hydroxylation sites is 1. The van der Waals surface area contributed by atoms with Gasteiger partial charge in [-0.15, -0.1) is 0 Å². The van der Waals surface area contributed by atoms with E-state index in [1.165, 1.54) is 4.90 Å². The van der Waals surface area contributed by atoms with Gasteiger partial charge in [-0.2, -0.15) is 0 Å². The molecule has 0 bridgehead atoms. The van der Waals surface area contributed by atoms with Gasteiger partial charge in [0.05, 0.1) is 33.7 Å². The summed E-state index contributed by atoms with van der Waals surface area (Å²) in [6.07, 6.45) is 0.378. The van der Waals surface area contributed by atoms with E-state index < -0.39 is 15.9 Å². The van der Waals surface area contributed by atoms with Crippen molar-refractivity contribution in [2.45, 2.75) is 19.4 Å². The van der Waals surface area contributed by atoms with Crippen molar-refractivity contribution in [1.29, 1.82) is 0 Å². The number of carbonyl (C=O) groups excluding carboxylic acids is 2. The summed E-state index contributed by atoms with van der Waals surface area (Å²) in [5, 5.41) is 0. The van der Waals surface area contributed by atoms with Crippen LogP contribution in [0.25, 0.3) is 5.57 Å². The molecule has 4 rings (SSSR count). The van der Waals surface area contributed by atoms with Crippen LogP contribution in [0.5, 0.6) is 0 Å². The molecule has 0 radical (unpaired) electrons. The number of nitrogens with zero attached hydrogens (tertiary/aromatic N) is 2. The van der Waals surface area contributed by atoms with Crippen molar-refractivity contribution >= 4 is 61.2 Å². The first kappa shape index (κ1) is 17.7. The molecule has 3 aliphatic rings. The highest BCUT2D eigenvalue weighted by Crippen LogP contribution is 2.45. The number of sulfone groups is 1. The molecule has 3 heterocycles. The summed E-state index contributed by atoms with van der Waals surface area (Å²) in [7, 11) is -3.14. The van der Waals surface area contributed by atoms with E-state index in [9.17, 15) is 18.0 Å². The number of fused-ring (bicyclic) bond motifs is 1. The van der Waals surface area contributed by atoms with Crippen LogP contribution in [-0.4, -0.2) is 53.5 Å². The molecule has 0 aliphatic carbocycles. The maximum Gasteiger partial charge on any atom is 0.267 e. The van der Waals surface area contributed by atoms with E-state index in [0.717, 1.165) is 23.0 Å². The van der Waals surface area contributed by atoms with Crippen molar-refractivity contribution in [2.24, 2.45) is 0 Å². The summed E-state index contributed by atoms with van der Waals surface area (Å²) >= 11 is 6.44. The molecule has 0 aromatic heterocycles. The van der Waals surface area contributed by atoms with E-state index in [1.807, 2.05) is 31.2 Å². The van der Waals surface area contributed by atoms with E-state index in [-0.39, 0.29) is 23.3 Å². The van der Waals surface area contributed by atoms with Crippen molar-refractivity contribution < 1.29 is 18.0 Å². The van der Waals surface area contributed by atoms with Crippen molar-refractivity contribution in [2.75, 3.05) is 23.0 Å². The van der Waals surface area contributed by atoms with Crippen LogP contribution in [0.4, 0.5) is 5.69 Å². The number of carbonyl (C=O) groups is 2. The van der Waals surface area contributed by atoms with Crippen LogP contribution in [0.3, 0.4) is 0 Å². The number of thioether (sulfide) groups is 1. The second-order valence-corrected chi connectivity index (χ2v) is 10.2. The van der Waals surface area contributed by atoms with E-state index in [2.05, 4.69) is 0 Å². The first-order valence-corrected chi connectivity index (χ1v) is 11.3. The number of benzene rings is 1. The normalized spacial score (nSPS) is 27.6. The number of rotatable bonds is 2. The van der Waals surface area contributed by atoms with Crippen LogP contribution in [0.2, 0.25) is 0 Å². The zero-order valence-corrected chi connectivity index (χ0v) is 16.4. The Labute approximate surface area is 161 Å². The molecule has 9 heteroatoms. The SMILES string of the molecule is CCN1C(=O)/C(=C2/SC(=S)N(C3CCS(=O)(=O)C3)C2=O)c2ccccc21. The Balaban J connectivity index is 1.78. The van der Waals surface area contributed by atoms with Crippen LogP contribution >= 0.6 is 24.0 Å². The predicted molar refractivity (Wildman–Crippen MR) is 105 cm³/mol. The Morgan fingerprint density at radius 3 is 2.62 bits per heavy atom. The number of hydrogen-bond acceptors (Lipinski definition) is 6. The average molecular weight is 409 g/mol. The first-order chi connectivity index (χ1) is 12.3. The second kappa shape index (κ2) is 6.17. The van der Waals surface area contributed by atoms with Crippen LogP contribution in [0.15, 0.2) is 29.2 Å². The van der Waals surface area contributed by atoms with E-state index in [4.69, 9.17) is 12.2 Å². The Kier molecular flexibility index (Phi) is 4.20. The quantitative estimate of drug-likeness (QED) is 0.549. The highest BCUT2D eigenvalue weighted by Gasteiger charge is 2.46. The number of amides is 2. The van der Waals surface area contributed by atoms with E-state index >= 15 is 0 Å². The minimum absolute atomic E-state index is 0.0615.